The number of rotatable bonds is 18. The molecule has 7 nitrogen and oxygen atoms in total. The standard InChI is InChI=1S/C16H39NO6Si2/c1-7-20-24(21-8-2)15(18-5)11-13-17-14-12-16(19-6)25(22-9-3)23-10-4/h15-17,24-25H,7-14H2,1-6H3. The van der Waals surface area contributed by atoms with Gasteiger partial charge < -0.3 is 32.5 Å². The normalized spacial score (nSPS) is 14.4. The van der Waals surface area contributed by atoms with Gasteiger partial charge >= 0.3 is 18.6 Å². The van der Waals surface area contributed by atoms with Crippen molar-refractivity contribution in [3.8, 4) is 0 Å². The first kappa shape index (κ1) is 25.2. The molecule has 0 aromatic carbocycles. The molecule has 0 rings (SSSR count). The summed E-state index contributed by atoms with van der Waals surface area (Å²) in [7, 11) is -0.110. The summed E-state index contributed by atoms with van der Waals surface area (Å²) in [4.78, 5) is 0. The Morgan fingerprint density at radius 1 is 0.640 bits per heavy atom. The van der Waals surface area contributed by atoms with Gasteiger partial charge in [-0.15, -0.1) is 0 Å². The molecular formula is C16H39NO6Si2. The highest BCUT2D eigenvalue weighted by Crippen LogP contribution is 2.07. The molecule has 25 heavy (non-hydrogen) atoms. The van der Waals surface area contributed by atoms with Crippen LogP contribution in [0.2, 0.25) is 0 Å². The monoisotopic (exact) mass is 397 g/mol. The lowest BCUT2D eigenvalue weighted by Crippen LogP contribution is -2.42. The zero-order valence-corrected chi connectivity index (χ0v) is 19.2. The molecule has 0 aromatic rings. The van der Waals surface area contributed by atoms with E-state index in [9.17, 15) is 0 Å². The van der Waals surface area contributed by atoms with Crippen LogP contribution in [0, 0.1) is 0 Å². The molecule has 0 spiro atoms. The van der Waals surface area contributed by atoms with Crippen molar-refractivity contribution in [3.63, 3.8) is 0 Å². The zero-order chi connectivity index (χ0) is 18.9. The fourth-order valence-corrected chi connectivity index (χ4v) is 6.21. The zero-order valence-electron chi connectivity index (χ0n) is 16.9. The van der Waals surface area contributed by atoms with Crippen molar-refractivity contribution < 1.29 is 27.2 Å². The van der Waals surface area contributed by atoms with E-state index in [-0.39, 0.29) is 11.5 Å². The maximum absolute atomic E-state index is 5.75. The van der Waals surface area contributed by atoms with Crippen molar-refractivity contribution in [2.75, 3.05) is 53.7 Å². The topological polar surface area (TPSA) is 67.4 Å². The van der Waals surface area contributed by atoms with E-state index >= 15 is 0 Å². The Morgan fingerprint density at radius 3 is 1.20 bits per heavy atom. The third-order valence-electron chi connectivity index (χ3n) is 3.75. The first-order chi connectivity index (χ1) is 12.2. The largest absolute Gasteiger partial charge is 0.395 e. The molecule has 0 bridgehead atoms. The van der Waals surface area contributed by atoms with Gasteiger partial charge in [0.2, 0.25) is 0 Å². The van der Waals surface area contributed by atoms with Crippen LogP contribution in [0.15, 0.2) is 0 Å². The minimum absolute atomic E-state index is 0.0552. The summed E-state index contributed by atoms with van der Waals surface area (Å²) in [5.41, 5.74) is 0.110. The second kappa shape index (κ2) is 17.6. The molecule has 0 radical (unpaired) electrons. The maximum Gasteiger partial charge on any atom is 0.351 e. The molecule has 2 unspecified atom stereocenters. The van der Waals surface area contributed by atoms with Gasteiger partial charge in [-0.1, -0.05) is 0 Å². The molecule has 2 atom stereocenters. The van der Waals surface area contributed by atoms with E-state index in [2.05, 4.69) is 5.32 Å². The summed E-state index contributed by atoms with van der Waals surface area (Å²) >= 11 is 0. The summed E-state index contributed by atoms with van der Waals surface area (Å²) in [6, 6.07) is 0. The molecule has 0 aromatic heterocycles. The van der Waals surface area contributed by atoms with Crippen molar-refractivity contribution in [1.82, 2.24) is 5.32 Å². The Balaban J connectivity index is 4.17. The van der Waals surface area contributed by atoms with E-state index in [0.717, 1.165) is 25.9 Å². The average molecular weight is 398 g/mol. The predicted octanol–water partition coefficient (Wildman–Crippen LogP) is 1.05. The maximum atomic E-state index is 5.75. The molecule has 0 aliphatic rings. The number of hydrogen-bond acceptors (Lipinski definition) is 7. The average Bonchev–Trinajstić information content (AvgIpc) is 2.61. The SMILES string of the molecule is CCO[SiH](OCC)C(CCNCCC(OC)[SiH](OCC)OCC)OC. The summed E-state index contributed by atoms with van der Waals surface area (Å²) in [5.74, 6) is 0. The molecule has 0 saturated carbocycles. The van der Waals surface area contributed by atoms with Gasteiger partial charge in [-0.2, -0.15) is 0 Å². The molecule has 1 N–H and O–H groups in total. The molecule has 0 heterocycles. The third kappa shape index (κ3) is 11.5. The molecule has 0 aliphatic carbocycles. The van der Waals surface area contributed by atoms with Gasteiger partial charge in [0.25, 0.3) is 0 Å². The predicted molar refractivity (Wildman–Crippen MR) is 104 cm³/mol. The lowest BCUT2D eigenvalue weighted by Gasteiger charge is -2.25. The molecule has 9 heteroatoms. The van der Waals surface area contributed by atoms with Gasteiger partial charge in [0.1, 0.15) is 0 Å². The molecule has 0 amide bonds. The van der Waals surface area contributed by atoms with Crippen molar-refractivity contribution >= 4 is 18.6 Å². The Morgan fingerprint density at radius 2 is 0.960 bits per heavy atom. The highest BCUT2D eigenvalue weighted by molar-refractivity contribution is 6.46. The number of nitrogens with one attached hydrogen (secondary N) is 1. The van der Waals surface area contributed by atoms with Crippen LogP contribution in [0.4, 0.5) is 0 Å². The van der Waals surface area contributed by atoms with Crippen LogP contribution in [0.25, 0.3) is 0 Å². The van der Waals surface area contributed by atoms with Crippen LogP contribution in [-0.2, 0) is 27.2 Å². The highest BCUT2D eigenvalue weighted by Gasteiger charge is 2.27. The van der Waals surface area contributed by atoms with Gasteiger partial charge in [-0.25, -0.2) is 0 Å². The molecule has 0 saturated heterocycles. The minimum atomic E-state index is -1.78. The smallest absolute Gasteiger partial charge is 0.351 e. The van der Waals surface area contributed by atoms with E-state index in [1.54, 1.807) is 14.2 Å². The molecular weight excluding hydrogens is 358 g/mol. The fraction of sp³-hybridized carbons (Fsp3) is 1.00. The number of ether oxygens (including phenoxy) is 2. The van der Waals surface area contributed by atoms with Crippen molar-refractivity contribution in [2.24, 2.45) is 0 Å². The summed E-state index contributed by atoms with van der Waals surface area (Å²) < 4.78 is 34.2. The van der Waals surface area contributed by atoms with E-state index < -0.39 is 18.6 Å². The fourth-order valence-electron chi connectivity index (χ4n) is 2.53. The Kier molecular flexibility index (Phi) is 17.7. The second-order valence-electron chi connectivity index (χ2n) is 5.43. The summed E-state index contributed by atoms with van der Waals surface area (Å²) in [6.45, 7) is 12.3. The van der Waals surface area contributed by atoms with Crippen LogP contribution in [0.5, 0.6) is 0 Å². The number of methoxy groups -OCH3 is 2. The first-order valence-electron chi connectivity index (χ1n) is 9.40. The van der Waals surface area contributed by atoms with E-state index in [1.807, 2.05) is 27.7 Å². The molecule has 0 fully saturated rings. The van der Waals surface area contributed by atoms with Gasteiger partial charge in [0.15, 0.2) is 0 Å². The van der Waals surface area contributed by atoms with E-state index in [1.165, 1.54) is 0 Å². The van der Waals surface area contributed by atoms with Gasteiger partial charge in [0, 0.05) is 40.6 Å². The Hall–Kier alpha value is 0.154. The van der Waals surface area contributed by atoms with Crippen LogP contribution in [0.3, 0.4) is 0 Å². The van der Waals surface area contributed by atoms with Gasteiger partial charge in [0.05, 0.1) is 11.5 Å². The molecule has 152 valence electrons. The second-order valence-corrected chi connectivity index (χ2v) is 9.73. The lowest BCUT2D eigenvalue weighted by molar-refractivity contribution is 0.0887. The van der Waals surface area contributed by atoms with Crippen molar-refractivity contribution in [3.05, 3.63) is 0 Å². The van der Waals surface area contributed by atoms with Crippen LogP contribution >= 0.6 is 0 Å². The van der Waals surface area contributed by atoms with Crippen LogP contribution in [0.1, 0.15) is 40.5 Å². The van der Waals surface area contributed by atoms with E-state index in [0.29, 0.717) is 26.4 Å². The van der Waals surface area contributed by atoms with Crippen LogP contribution < -0.4 is 5.32 Å². The quantitative estimate of drug-likeness (QED) is 0.274. The van der Waals surface area contributed by atoms with Gasteiger partial charge in [-0.3, -0.25) is 0 Å². The van der Waals surface area contributed by atoms with Gasteiger partial charge in [-0.05, 0) is 53.6 Å². The summed E-state index contributed by atoms with van der Waals surface area (Å²) in [5, 5.41) is 3.46. The Labute approximate surface area is 157 Å². The lowest BCUT2D eigenvalue weighted by atomic mass is 10.4. The third-order valence-corrected chi connectivity index (χ3v) is 8.82. The number of hydrogen-bond donors (Lipinski definition) is 1. The van der Waals surface area contributed by atoms with E-state index in [4.69, 9.17) is 27.2 Å². The van der Waals surface area contributed by atoms with Crippen LogP contribution in [-0.4, -0.2) is 83.8 Å². The van der Waals surface area contributed by atoms with Crippen molar-refractivity contribution in [1.29, 1.82) is 0 Å². The molecule has 0 aliphatic heterocycles. The van der Waals surface area contributed by atoms with Crippen molar-refractivity contribution in [2.45, 2.75) is 52.0 Å². The highest BCUT2D eigenvalue weighted by atomic mass is 28.3. The minimum Gasteiger partial charge on any atom is -0.395 e. The Bertz CT molecular complexity index is 253. The summed E-state index contributed by atoms with van der Waals surface area (Å²) in [6.07, 6.45) is 1.76. The first-order valence-corrected chi connectivity index (χ1v) is 12.6.